The van der Waals surface area contributed by atoms with Crippen molar-refractivity contribution in [2.45, 2.75) is 4.90 Å². The molecule has 8 heteroatoms. The minimum atomic E-state index is -4.38. The van der Waals surface area contributed by atoms with Gasteiger partial charge in [0.15, 0.2) is 4.32 Å². The van der Waals surface area contributed by atoms with Crippen LogP contribution in [-0.4, -0.2) is 23.2 Å². The fourth-order valence-corrected chi connectivity index (χ4v) is 4.21. The number of thiocarbonyl (C=S) groups is 1. The summed E-state index contributed by atoms with van der Waals surface area (Å²) in [6.07, 6.45) is 1.42. The van der Waals surface area contributed by atoms with Crippen LogP contribution in [0.3, 0.4) is 0 Å². The molecule has 0 bridgehead atoms. The second-order valence-electron chi connectivity index (χ2n) is 4.87. The van der Waals surface area contributed by atoms with Crippen LogP contribution in [0.4, 0.5) is 5.69 Å². The third-order valence-corrected chi connectivity index (χ3v) is 5.52. The summed E-state index contributed by atoms with van der Waals surface area (Å²) < 4.78 is 32.6. The summed E-state index contributed by atoms with van der Waals surface area (Å²) in [5, 5.41) is 0. The fraction of sp³-hybridized carbons (Fsp3) is 0. The predicted molar refractivity (Wildman–Crippen MR) is 98.4 cm³/mol. The first-order valence-corrected chi connectivity index (χ1v) is 9.44. The van der Waals surface area contributed by atoms with Gasteiger partial charge in [-0.05, 0) is 29.8 Å². The first-order valence-electron chi connectivity index (χ1n) is 6.77. The van der Waals surface area contributed by atoms with E-state index in [1.807, 2.05) is 6.07 Å². The summed E-state index contributed by atoms with van der Waals surface area (Å²) in [6, 6.07) is 14.9. The van der Waals surface area contributed by atoms with Gasteiger partial charge in [-0.15, -0.1) is 0 Å². The van der Waals surface area contributed by atoms with Crippen LogP contribution in [0.25, 0.3) is 6.08 Å². The van der Waals surface area contributed by atoms with Gasteiger partial charge in [-0.2, -0.15) is 8.42 Å². The zero-order valence-electron chi connectivity index (χ0n) is 12.1. The Morgan fingerprint density at radius 1 is 1.04 bits per heavy atom. The van der Waals surface area contributed by atoms with Crippen LogP contribution in [0, 0.1) is 0 Å². The van der Waals surface area contributed by atoms with Gasteiger partial charge in [0.1, 0.15) is 4.90 Å². The maximum Gasteiger partial charge on any atom is 0.295 e. The molecule has 2 aromatic rings. The monoisotopic (exact) mass is 377 g/mol. The molecule has 0 radical (unpaired) electrons. The molecule has 1 heterocycles. The molecule has 122 valence electrons. The lowest BCUT2D eigenvalue weighted by atomic mass is 10.2. The predicted octanol–water partition coefficient (Wildman–Crippen LogP) is 3.34. The summed E-state index contributed by atoms with van der Waals surface area (Å²) in [7, 11) is -4.38. The molecular weight excluding hydrogens is 366 g/mol. The number of para-hydroxylation sites is 1. The van der Waals surface area contributed by atoms with Crippen molar-refractivity contribution in [3.63, 3.8) is 0 Å². The van der Waals surface area contributed by atoms with Crippen molar-refractivity contribution in [1.82, 2.24) is 0 Å². The molecule has 3 rings (SSSR count). The van der Waals surface area contributed by atoms with Crippen molar-refractivity contribution in [2.24, 2.45) is 0 Å². The van der Waals surface area contributed by atoms with Gasteiger partial charge in [0.05, 0.1) is 10.6 Å². The van der Waals surface area contributed by atoms with Crippen LogP contribution in [0.5, 0.6) is 0 Å². The van der Waals surface area contributed by atoms with Crippen LogP contribution in [0.2, 0.25) is 0 Å². The quantitative estimate of drug-likeness (QED) is 0.502. The van der Waals surface area contributed by atoms with Crippen molar-refractivity contribution in [1.29, 1.82) is 0 Å². The van der Waals surface area contributed by atoms with Gasteiger partial charge in [0, 0.05) is 0 Å². The van der Waals surface area contributed by atoms with Gasteiger partial charge in [0.2, 0.25) is 0 Å². The number of hydrogen-bond acceptors (Lipinski definition) is 5. The highest BCUT2D eigenvalue weighted by Crippen LogP contribution is 2.36. The maximum atomic E-state index is 12.6. The number of nitrogens with zero attached hydrogens (tertiary/aromatic N) is 1. The molecule has 1 aliphatic rings. The van der Waals surface area contributed by atoms with Crippen molar-refractivity contribution < 1.29 is 17.8 Å². The minimum Gasteiger partial charge on any atom is -0.282 e. The Morgan fingerprint density at radius 3 is 2.33 bits per heavy atom. The fourth-order valence-electron chi connectivity index (χ4n) is 2.24. The summed E-state index contributed by atoms with van der Waals surface area (Å²) >= 11 is 6.34. The van der Waals surface area contributed by atoms with E-state index in [0.29, 0.717) is 14.9 Å². The van der Waals surface area contributed by atoms with Gasteiger partial charge >= 0.3 is 0 Å². The molecule has 1 aliphatic heterocycles. The van der Waals surface area contributed by atoms with Crippen molar-refractivity contribution in [3.05, 3.63) is 65.1 Å². The van der Waals surface area contributed by atoms with E-state index in [1.54, 1.807) is 30.3 Å². The molecule has 0 spiro atoms. The lowest BCUT2D eigenvalue weighted by Crippen LogP contribution is -2.27. The van der Waals surface area contributed by atoms with Gasteiger partial charge in [-0.1, -0.05) is 60.4 Å². The second-order valence-corrected chi connectivity index (χ2v) is 7.93. The minimum absolute atomic E-state index is 0.230. The van der Waals surface area contributed by atoms with Gasteiger partial charge in [0.25, 0.3) is 16.0 Å². The molecule has 5 nitrogen and oxygen atoms in total. The highest BCUT2D eigenvalue weighted by atomic mass is 32.2. The highest BCUT2D eigenvalue weighted by Gasteiger charge is 2.33. The van der Waals surface area contributed by atoms with E-state index >= 15 is 0 Å². The smallest absolute Gasteiger partial charge is 0.282 e. The van der Waals surface area contributed by atoms with Crippen LogP contribution < -0.4 is 4.90 Å². The summed E-state index contributed by atoms with van der Waals surface area (Å²) in [6.45, 7) is 0. The molecule has 2 aromatic carbocycles. The standard InChI is InChI=1S/C16H11NO4S3/c18-15-13(10-11-6-4-5-9-14(11)24(19,20)21)23-16(22)17(15)12-7-2-1-3-8-12/h1-10H,(H,19,20,21). The number of anilines is 1. The van der Waals surface area contributed by atoms with Crippen LogP contribution in [0.1, 0.15) is 5.56 Å². The van der Waals surface area contributed by atoms with E-state index in [1.165, 1.54) is 29.2 Å². The summed E-state index contributed by atoms with van der Waals surface area (Å²) in [5.41, 5.74) is 0.875. The Kier molecular flexibility index (Phi) is 4.55. The number of rotatable bonds is 3. The van der Waals surface area contributed by atoms with E-state index in [-0.39, 0.29) is 16.4 Å². The first-order chi connectivity index (χ1) is 11.4. The van der Waals surface area contributed by atoms with Gasteiger partial charge in [-0.3, -0.25) is 14.2 Å². The SMILES string of the molecule is O=C1C(=Cc2ccccc2S(=O)(=O)O)SC(=S)N1c1ccccc1. The molecule has 1 amide bonds. The van der Waals surface area contributed by atoms with E-state index in [2.05, 4.69) is 0 Å². The molecule has 0 aromatic heterocycles. The van der Waals surface area contributed by atoms with E-state index < -0.39 is 10.1 Å². The number of amides is 1. The average molecular weight is 377 g/mol. The Labute approximate surface area is 148 Å². The molecule has 1 fully saturated rings. The van der Waals surface area contributed by atoms with Crippen LogP contribution in [0.15, 0.2) is 64.4 Å². The van der Waals surface area contributed by atoms with Crippen molar-refractivity contribution in [3.8, 4) is 0 Å². The molecule has 1 N–H and O–H groups in total. The number of thioether (sulfide) groups is 1. The lowest BCUT2D eigenvalue weighted by molar-refractivity contribution is -0.113. The molecule has 0 unspecified atom stereocenters. The topological polar surface area (TPSA) is 74.7 Å². The van der Waals surface area contributed by atoms with Crippen molar-refractivity contribution in [2.75, 3.05) is 4.90 Å². The third-order valence-electron chi connectivity index (χ3n) is 3.29. The summed E-state index contributed by atoms with van der Waals surface area (Å²) in [4.78, 5) is 14.0. The molecule has 1 saturated heterocycles. The number of carbonyl (C=O) groups is 1. The normalized spacial score (nSPS) is 16.9. The molecule has 24 heavy (non-hydrogen) atoms. The average Bonchev–Trinajstić information content (AvgIpc) is 2.82. The first kappa shape index (κ1) is 16.8. The Hall–Kier alpha value is -2.00. The summed E-state index contributed by atoms with van der Waals surface area (Å²) in [5.74, 6) is -0.332. The van der Waals surface area contributed by atoms with Crippen LogP contribution >= 0.6 is 24.0 Å². The molecule has 0 atom stereocenters. The number of carbonyl (C=O) groups excluding carboxylic acids is 1. The van der Waals surface area contributed by atoms with E-state index in [9.17, 15) is 17.8 Å². The molecule has 0 aliphatic carbocycles. The largest absolute Gasteiger partial charge is 0.295 e. The Bertz CT molecular complexity index is 952. The van der Waals surface area contributed by atoms with Crippen molar-refractivity contribution >= 4 is 56.1 Å². The second kappa shape index (κ2) is 6.48. The van der Waals surface area contributed by atoms with E-state index in [0.717, 1.165) is 11.8 Å². The van der Waals surface area contributed by atoms with E-state index in [4.69, 9.17) is 12.2 Å². The number of hydrogen-bond donors (Lipinski definition) is 1. The highest BCUT2D eigenvalue weighted by molar-refractivity contribution is 8.27. The lowest BCUT2D eigenvalue weighted by Gasteiger charge is -2.13. The Balaban J connectivity index is 2.02. The van der Waals surface area contributed by atoms with Gasteiger partial charge < -0.3 is 0 Å². The molecular formula is C16H11NO4S3. The number of benzene rings is 2. The Morgan fingerprint density at radius 2 is 1.67 bits per heavy atom. The maximum absolute atomic E-state index is 12.6. The van der Waals surface area contributed by atoms with Gasteiger partial charge in [-0.25, -0.2) is 0 Å². The zero-order valence-corrected chi connectivity index (χ0v) is 14.6. The van der Waals surface area contributed by atoms with Crippen LogP contribution in [-0.2, 0) is 14.9 Å². The zero-order chi connectivity index (χ0) is 17.3. The molecule has 0 saturated carbocycles. The third kappa shape index (κ3) is 3.27.